The molecule has 0 saturated carbocycles. The molecule has 5 nitrogen and oxygen atoms in total. The number of nitrogens with zero attached hydrogens (tertiary/aromatic N) is 2. The number of aryl methyl sites for hydroxylation is 1. The van der Waals surface area contributed by atoms with Gasteiger partial charge in [-0.1, -0.05) is 5.92 Å². The minimum absolute atomic E-state index is 0.0345. The zero-order valence-corrected chi connectivity index (χ0v) is 9.45. The molecule has 1 aromatic rings. The molecular weight excluding hydrogens is 216 g/mol. The number of hydrogen-bond acceptors (Lipinski definition) is 4. The molecule has 1 rings (SSSR count). The first kappa shape index (κ1) is 12.5. The van der Waals surface area contributed by atoms with E-state index in [1.54, 1.807) is 12.1 Å². The largest absolute Gasteiger partial charge is 0.360 e. The molecule has 0 saturated heterocycles. The fourth-order valence-corrected chi connectivity index (χ4v) is 1.16. The number of rotatable bonds is 4. The van der Waals surface area contributed by atoms with Gasteiger partial charge in [0.05, 0.1) is 18.7 Å². The molecule has 0 aliphatic heterocycles. The minimum Gasteiger partial charge on any atom is -0.360 e. The Bertz CT molecular complexity index is 496. The molecule has 5 heteroatoms. The summed E-state index contributed by atoms with van der Waals surface area (Å²) in [5.41, 5.74) is 1.18. The number of nitrogens with one attached hydrogen (secondary N) is 2. The lowest BCUT2D eigenvalue weighted by Gasteiger charge is -2.07. The fourth-order valence-electron chi connectivity index (χ4n) is 1.16. The molecule has 0 radical (unpaired) electrons. The lowest BCUT2D eigenvalue weighted by Crippen LogP contribution is -2.30. The zero-order valence-electron chi connectivity index (χ0n) is 9.45. The third-order valence-corrected chi connectivity index (χ3v) is 1.96. The lowest BCUT2D eigenvalue weighted by molar-refractivity contribution is -0.119. The molecule has 0 fully saturated rings. The first-order chi connectivity index (χ1) is 8.17. The van der Waals surface area contributed by atoms with E-state index in [0.29, 0.717) is 11.4 Å². The van der Waals surface area contributed by atoms with Gasteiger partial charge in [0.15, 0.2) is 0 Å². The van der Waals surface area contributed by atoms with Crippen molar-refractivity contribution in [3.05, 3.63) is 23.4 Å². The predicted molar refractivity (Wildman–Crippen MR) is 64.0 cm³/mol. The number of carbonyl (C=O) groups excluding carboxylic acids is 1. The molecular formula is C12H12N4O. The number of amides is 1. The Kier molecular flexibility index (Phi) is 4.53. The maximum absolute atomic E-state index is 11.3. The van der Waals surface area contributed by atoms with Crippen molar-refractivity contribution < 1.29 is 4.79 Å². The summed E-state index contributed by atoms with van der Waals surface area (Å²) >= 11 is 0. The molecule has 0 bridgehead atoms. The van der Waals surface area contributed by atoms with Gasteiger partial charge in [0.1, 0.15) is 11.9 Å². The Labute approximate surface area is 99.9 Å². The average Bonchev–Trinajstić information content (AvgIpc) is 2.34. The highest BCUT2D eigenvalue weighted by atomic mass is 16.1. The Morgan fingerprint density at radius 2 is 2.35 bits per heavy atom. The van der Waals surface area contributed by atoms with Gasteiger partial charge < -0.3 is 10.6 Å². The molecule has 0 spiro atoms. The van der Waals surface area contributed by atoms with E-state index in [1.807, 2.05) is 13.0 Å². The highest BCUT2D eigenvalue weighted by molar-refractivity contribution is 5.81. The summed E-state index contributed by atoms with van der Waals surface area (Å²) in [5, 5.41) is 14.2. The maximum atomic E-state index is 11.3. The van der Waals surface area contributed by atoms with Crippen LogP contribution in [-0.4, -0.2) is 24.0 Å². The molecule has 1 heterocycles. The van der Waals surface area contributed by atoms with Crippen molar-refractivity contribution >= 4 is 11.7 Å². The van der Waals surface area contributed by atoms with Gasteiger partial charge in [0, 0.05) is 5.69 Å². The van der Waals surface area contributed by atoms with E-state index < -0.39 is 0 Å². The topological polar surface area (TPSA) is 77.8 Å². The van der Waals surface area contributed by atoms with Crippen LogP contribution in [-0.2, 0) is 4.79 Å². The van der Waals surface area contributed by atoms with Gasteiger partial charge in [-0.15, -0.1) is 6.42 Å². The quantitative estimate of drug-likeness (QED) is 0.732. The van der Waals surface area contributed by atoms with Gasteiger partial charge in [-0.05, 0) is 19.1 Å². The van der Waals surface area contributed by atoms with E-state index in [-0.39, 0.29) is 19.0 Å². The second-order valence-corrected chi connectivity index (χ2v) is 3.30. The van der Waals surface area contributed by atoms with Crippen molar-refractivity contribution in [3.8, 4) is 18.4 Å². The van der Waals surface area contributed by atoms with Crippen molar-refractivity contribution in [3.63, 3.8) is 0 Å². The van der Waals surface area contributed by atoms with Crippen LogP contribution >= 0.6 is 0 Å². The molecule has 0 atom stereocenters. The first-order valence-corrected chi connectivity index (χ1v) is 4.99. The van der Waals surface area contributed by atoms with E-state index in [0.717, 1.165) is 5.69 Å². The summed E-state index contributed by atoms with van der Waals surface area (Å²) in [7, 11) is 0. The van der Waals surface area contributed by atoms with Gasteiger partial charge in [0.2, 0.25) is 5.91 Å². The number of anilines is 1. The molecule has 0 aromatic carbocycles. The third-order valence-electron chi connectivity index (χ3n) is 1.96. The molecule has 0 aliphatic rings. The van der Waals surface area contributed by atoms with Gasteiger partial charge in [-0.2, -0.15) is 5.26 Å². The summed E-state index contributed by atoms with van der Waals surface area (Å²) in [4.78, 5) is 15.4. The third kappa shape index (κ3) is 3.84. The van der Waals surface area contributed by atoms with Gasteiger partial charge in [0.25, 0.3) is 0 Å². The van der Waals surface area contributed by atoms with Crippen molar-refractivity contribution in [1.82, 2.24) is 10.3 Å². The smallest absolute Gasteiger partial charge is 0.240 e. The van der Waals surface area contributed by atoms with Crippen LogP contribution in [0.4, 0.5) is 5.82 Å². The summed E-state index contributed by atoms with van der Waals surface area (Å²) in [6.45, 7) is 2.03. The highest BCUT2D eigenvalue weighted by Gasteiger charge is 2.05. The molecule has 17 heavy (non-hydrogen) atoms. The van der Waals surface area contributed by atoms with Crippen LogP contribution in [0, 0.1) is 30.6 Å². The molecule has 86 valence electrons. The summed E-state index contributed by atoms with van der Waals surface area (Å²) in [6, 6.07) is 5.40. The van der Waals surface area contributed by atoms with Gasteiger partial charge in [-0.3, -0.25) is 4.79 Å². The van der Waals surface area contributed by atoms with Crippen LogP contribution in [0.25, 0.3) is 0 Å². The number of hydrogen-bond donors (Lipinski definition) is 2. The highest BCUT2D eigenvalue weighted by Crippen LogP contribution is 2.11. The van der Waals surface area contributed by atoms with Crippen molar-refractivity contribution in [2.75, 3.05) is 18.4 Å². The SMILES string of the molecule is C#CCNC(=O)CNc1nc(C)ccc1C#N. The Balaban J connectivity index is 2.63. The molecule has 1 aromatic heterocycles. The van der Waals surface area contributed by atoms with Crippen LogP contribution in [0.2, 0.25) is 0 Å². The lowest BCUT2D eigenvalue weighted by atomic mass is 10.2. The van der Waals surface area contributed by atoms with Crippen LogP contribution < -0.4 is 10.6 Å². The number of pyridine rings is 1. The Morgan fingerprint density at radius 1 is 1.59 bits per heavy atom. The van der Waals surface area contributed by atoms with Crippen LogP contribution in [0.1, 0.15) is 11.3 Å². The number of terminal acetylenes is 1. The summed E-state index contributed by atoms with van der Waals surface area (Å²) in [6.07, 6.45) is 5.01. The van der Waals surface area contributed by atoms with E-state index in [1.165, 1.54) is 0 Å². The van der Waals surface area contributed by atoms with Crippen molar-refractivity contribution in [2.45, 2.75) is 6.92 Å². The van der Waals surface area contributed by atoms with Crippen LogP contribution in [0.5, 0.6) is 0 Å². The van der Waals surface area contributed by atoms with E-state index >= 15 is 0 Å². The van der Waals surface area contributed by atoms with Crippen molar-refractivity contribution in [2.24, 2.45) is 0 Å². The van der Waals surface area contributed by atoms with Crippen LogP contribution in [0.15, 0.2) is 12.1 Å². The second-order valence-electron chi connectivity index (χ2n) is 3.30. The number of aromatic nitrogens is 1. The Hall–Kier alpha value is -2.53. The first-order valence-electron chi connectivity index (χ1n) is 4.99. The predicted octanol–water partition coefficient (Wildman–Crippen LogP) is 0.423. The maximum Gasteiger partial charge on any atom is 0.240 e. The second kappa shape index (κ2) is 6.14. The number of carbonyl (C=O) groups is 1. The fraction of sp³-hybridized carbons (Fsp3) is 0.250. The molecule has 2 N–H and O–H groups in total. The van der Waals surface area contributed by atoms with Crippen molar-refractivity contribution in [1.29, 1.82) is 5.26 Å². The van der Waals surface area contributed by atoms with Gasteiger partial charge >= 0.3 is 0 Å². The van der Waals surface area contributed by atoms with Crippen LogP contribution in [0.3, 0.4) is 0 Å². The number of nitriles is 1. The van der Waals surface area contributed by atoms with E-state index in [9.17, 15) is 4.79 Å². The van der Waals surface area contributed by atoms with E-state index in [2.05, 4.69) is 21.5 Å². The minimum atomic E-state index is -0.241. The standard InChI is InChI=1S/C12H12N4O/c1-3-6-14-11(17)8-15-12-10(7-13)5-4-9(2)16-12/h1,4-5H,6,8H2,2H3,(H,14,17)(H,15,16). The zero-order chi connectivity index (χ0) is 12.7. The van der Waals surface area contributed by atoms with Gasteiger partial charge in [-0.25, -0.2) is 4.98 Å². The molecule has 1 amide bonds. The monoisotopic (exact) mass is 228 g/mol. The van der Waals surface area contributed by atoms with E-state index in [4.69, 9.17) is 11.7 Å². The normalized spacial score (nSPS) is 8.88. The average molecular weight is 228 g/mol. The Morgan fingerprint density at radius 3 is 3.00 bits per heavy atom. The summed E-state index contributed by atoms with van der Waals surface area (Å²) < 4.78 is 0. The molecule has 0 aliphatic carbocycles. The summed E-state index contributed by atoms with van der Waals surface area (Å²) in [5.74, 6) is 2.47. The molecule has 0 unspecified atom stereocenters.